The average Bonchev–Trinajstić information content (AvgIpc) is 3.58. The van der Waals surface area contributed by atoms with Gasteiger partial charge in [-0.1, -0.05) is 18.2 Å². The van der Waals surface area contributed by atoms with Crippen molar-refractivity contribution in [3.05, 3.63) is 59.3 Å². The molecule has 1 aliphatic heterocycles. The lowest BCUT2D eigenvalue weighted by Crippen LogP contribution is -2.32. The number of alkyl halides is 3. The van der Waals surface area contributed by atoms with Crippen molar-refractivity contribution in [1.29, 1.82) is 0 Å². The summed E-state index contributed by atoms with van der Waals surface area (Å²) in [5.74, 6) is -2.91. The summed E-state index contributed by atoms with van der Waals surface area (Å²) in [5.41, 5.74) is 3.12. The Balaban J connectivity index is 0.000000616. The number of aliphatic hydroxyl groups excluding tert-OH is 1. The molecule has 42 heavy (non-hydrogen) atoms. The molecule has 3 aromatic rings. The number of anilines is 1. The SMILES string of the molecule is C[C@H](Cc1c[nH]c2c(C(=O)N3CCCC3)cccc12)NC[C@H](O)c1ccc(O)c(NS(C)(=O)=O)c1.O=C(O)C(F)(F)F. The van der Waals surface area contributed by atoms with Crippen molar-refractivity contribution in [1.82, 2.24) is 15.2 Å². The second-order valence-electron chi connectivity index (χ2n) is 10.0. The zero-order valence-corrected chi connectivity index (χ0v) is 23.7. The van der Waals surface area contributed by atoms with Crippen molar-refractivity contribution in [2.45, 2.75) is 44.5 Å². The number of aliphatic carboxylic acids is 1. The molecule has 0 bridgehead atoms. The van der Waals surface area contributed by atoms with Crippen LogP contribution >= 0.6 is 0 Å². The normalized spacial score (nSPS) is 15.1. The van der Waals surface area contributed by atoms with Crippen molar-refractivity contribution in [3.8, 4) is 5.75 Å². The molecule has 1 saturated heterocycles. The number of amides is 1. The van der Waals surface area contributed by atoms with Gasteiger partial charge in [0.05, 0.1) is 29.1 Å². The van der Waals surface area contributed by atoms with Gasteiger partial charge in [0.15, 0.2) is 0 Å². The number of carbonyl (C=O) groups excluding carboxylic acids is 1. The van der Waals surface area contributed by atoms with Crippen molar-refractivity contribution in [2.24, 2.45) is 0 Å². The van der Waals surface area contributed by atoms with Gasteiger partial charge in [-0.25, -0.2) is 13.2 Å². The van der Waals surface area contributed by atoms with Crippen molar-refractivity contribution < 1.29 is 46.5 Å². The Morgan fingerprint density at radius 3 is 2.38 bits per heavy atom. The fourth-order valence-electron chi connectivity index (χ4n) is 4.53. The van der Waals surface area contributed by atoms with Crippen LogP contribution in [-0.4, -0.2) is 83.6 Å². The van der Waals surface area contributed by atoms with Gasteiger partial charge in [-0.2, -0.15) is 13.2 Å². The number of carboxylic acid groups (broad SMARTS) is 1. The highest BCUT2D eigenvalue weighted by Gasteiger charge is 2.38. The Morgan fingerprint density at radius 1 is 1.14 bits per heavy atom. The molecule has 1 aliphatic rings. The molecule has 1 fully saturated rings. The van der Waals surface area contributed by atoms with Crippen LogP contribution in [0.1, 0.15) is 47.4 Å². The van der Waals surface area contributed by atoms with Crippen LogP contribution in [0, 0.1) is 0 Å². The number of rotatable bonds is 9. The lowest BCUT2D eigenvalue weighted by molar-refractivity contribution is -0.192. The Hall–Kier alpha value is -3.82. The fourth-order valence-corrected chi connectivity index (χ4v) is 5.09. The van der Waals surface area contributed by atoms with E-state index >= 15 is 0 Å². The summed E-state index contributed by atoms with van der Waals surface area (Å²) in [7, 11) is -3.56. The minimum atomic E-state index is -5.08. The van der Waals surface area contributed by atoms with Crippen LogP contribution in [0.4, 0.5) is 18.9 Å². The van der Waals surface area contributed by atoms with Gasteiger partial charge in [0.2, 0.25) is 10.0 Å². The highest BCUT2D eigenvalue weighted by Crippen LogP contribution is 2.28. The summed E-state index contributed by atoms with van der Waals surface area (Å²) in [6.45, 7) is 3.86. The smallest absolute Gasteiger partial charge is 0.490 e. The number of phenolic OH excluding ortho intramolecular Hbond substituents is 1. The number of para-hydroxylation sites is 1. The van der Waals surface area contributed by atoms with Gasteiger partial charge in [-0.15, -0.1) is 0 Å². The van der Waals surface area contributed by atoms with E-state index in [4.69, 9.17) is 9.90 Å². The van der Waals surface area contributed by atoms with Gasteiger partial charge < -0.3 is 30.5 Å². The third kappa shape index (κ3) is 8.84. The van der Waals surface area contributed by atoms with Gasteiger partial charge in [0, 0.05) is 37.3 Å². The van der Waals surface area contributed by atoms with Crippen LogP contribution in [0.2, 0.25) is 0 Å². The van der Waals surface area contributed by atoms with E-state index in [2.05, 4.69) is 15.0 Å². The first kappa shape index (κ1) is 32.7. The summed E-state index contributed by atoms with van der Waals surface area (Å²) in [5, 5.41) is 32.0. The number of H-pyrrole nitrogens is 1. The number of aromatic hydroxyl groups is 1. The van der Waals surface area contributed by atoms with Gasteiger partial charge in [0.1, 0.15) is 5.75 Å². The second-order valence-corrected chi connectivity index (χ2v) is 11.8. The van der Waals surface area contributed by atoms with E-state index in [1.165, 1.54) is 12.1 Å². The van der Waals surface area contributed by atoms with Gasteiger partial charge in [-0.3, -0.25) is 9.52 Å². The number of sulfonamides is 1. The number of nitrogens with zero attached hydrogens (tertiary/aromatic N) is 1. The first-order valence-electron chi connectivity index (χ1n) is 13.0. The molecular weight excluding hydrogens is 581 g/mol. The molecular formula is C27H33F3N4O7S. The molecule has 2 atom stereocenters. The Morgan fingerprint density at radius 2 is 1.79 bits per heavy atom. The summed E-state index contributed by atoms with van der Waals surface area (Å²) < 4.78 is 57.0. The molecule has 0 spiro atoms. The monoisotopic (exact) mass is 614 g/mol. The number of fused-ring (bicyclic) bond motifs is 1. The molecule has 2 aromatic carbocycles. The first-order chi connectivity index (χ1) is 19.6. The number of hydrogen-bond donors (Lipinski definition) is 6. The molecule has 0 unspecified atom stereocenters. The topological polar surface area (TPSA) is 172 Å². The van der Waals surface area contributed by atoms with E-state index in [1.54, 1.807) is 6.07 Å². The van der Waals surface area contributed by atoms with E-state index < -0.39 is 28.3 Å². The molecule has 1 amide bonds. The van der Waals surface area contributed by atoms with Gasteiger partial charge in [0.25, 0.3) is 5.91 Å². The van der Waals surface area contributed by atoms with Crippen molar-refractivity contribution >= 4 is 38.5 Å². The quantitative estimate of drug-likeness (QED) is 0.199. The molecule has 15 heteroatoms. The predicted molar refractivity (Wildman–Crippen MR) is 150 cm³/mol. The predicted octanol–water partition coefficient (Wildman–Crippen LogP) is 3.37. The molecule has 4 rings (SSSR count). The molecule has 11 nitrogen and oxygen atoms in total. The summed E-state index contributed by atoms with van der Waals surface area (Å²) >= 11 is 0. The highest BCUT2D eigenvalue weighted by atomic mass is 32.2. The number of nitrogens with one attached hydrogen (secondary N) is 3. The highest BCUT2D eigenvalue weighted by molar-refractivity contribution is 7.92. The van der Waals surface area contributed by atoms with Gasteiger partial charge >= 0.3 is 12.1 Å². The molecule has 6 N–H and O–H groups in total. The van der Waals surface area contributed by atoms with E-state index in [0.29, 0.717) is 17.5 Å². The lowest BCUT2D eigenvalue weighted by Gasteiger charge is -2.18. The van der Waals surface area contributed by atoms with E-state index in [0.717, 1.165) is 48.7 Å². The van der Waals surface area contributed by atoms with Crippen LogP contribution in [0.3, 0.4) is 0 Å². The largest absolute Gasteiger partial charge is 0.506 e. The number of carboxylic acids is 1. The molecule has 230 valence electrons. The Bertz CT molecular complexity index is 1520. The number of aromatic amines is 1. The minimum absolute atomic E-state index is 0.0207. The standard InChI is InChI=1S/C25H32N4O5S.C2HF3O2/c1-16(26-15-23(31)17-8-9-22(30)21(13-17)28-35(2,33)34)12-18-14-27-24-19(18)6-5-7-20(24)25(32)29-10-3-4-11-29;3-2(4,5)1(6)7/h5-9,13-14,16,23,26-28,30-31H,3-4,10-12,15H2,1-2H3;(H,6,7)/t16-,23+;/m1./s1. The van der Waals surface area contributed by atoms with Crippen molar-refractivity contribution in [2.75, 3.05) is 30.6 Å². The molecule has 1 aromatic heterocycles. The van der Waals surface area contributed by atoms with E-state index in [1.807, 2.05) is 36.2 Å². The van der Waals surface area contributed by atoms with Crippen LogP contribution in [0.15, 0.2) is 42.6 Å². The third-order valence-corrected chi connectivity index (χ3v) is 7.14. The number of halogens is 3. The maximum Gasteiger partial charge on any atom is 0.490 e. The minimum Gasteiger partial charge on any atom is -0.506 e. The van der Waals surface area contributed by atoms with E-state index in [-0.39, 0.29) is 29.9 Å². The number of phenols is 1. The van der Waals surface area contributed by atoms with Crippen LogP contribution < -0.4 is 10.0 Å². The number of hydrogen-bond acceptors (Lipinski definition) is 7. The van der Waals surface area contributed by atoms with Crippen LogP contribution in [-0.2, 0) is 21.2 Å². The zero-order chi connectivity index (χ0) is 31.2. The van der Waals surface area contributed by atoms with Gasteiger partial charge in [-0.05, 0) is 55.5 Å². The molecule has 2 heterocycles. The van der Waals surface area contributed by atoms with Crippen LogP contribution in [0.5, 0.6) is 5.75 Å². The van der Waals surface area contributed by atoms with E-state index in [9.17, 15) is 36.6 Å². The summed E-state index contributed by atoms with van der Waals surface area (Å²) in [6, 6.07) is 10.1. The molecule has 0 saturated carbocycles. The summed E-state index contributed by atoms with van der Waals surface area (Å²) in [6.07, 6.45) is -0.271. The maximum absolute atomic E-state index is 12.9. The first-order valence-corrected chi connectivity index (χ1v) is 14.9. The lowest BCUT2D eigenvalue weighted by atomic mass is 10.0. The second kappa shape index (κ2) is 13.4. The number of aliphatic hydroxyl groups is 1. The zero-order valence-electron chi connectivity index (χ0n) is 22.9. The number of carbonyl (C=O) groups is 2. The molecule has 0 radical (unpaired) electrons. The Labute approximate surface area is 240 Å². The fraction of sp³-hybridized carbons (Fsp3) is 0.407. The van der Waals surface area contributed by atoms with Crippen molar-refractivity contribution in [3.63, 3.8) is 0 Å². The number of aromatic nitrogens is 1. The summed E-state index contributed by atoms with van der Waals surface area (Å²) in [4.78, 5) is 27.0. The Kier molecular flexibility index (Phi) is 10.5. The third-order valence-electron chi connectivity index (χ3n) is 6.55. The maximum atomic E-state index is 12.9. The van der Waals surface area contributed by atoms with Crippen LogP contribution in [0.25, 0.3) is 10.9 Å². The average molecular weight is 615 g/mol. The molecule has 0 aliphatic carbocycles. The number of benzene rings is 2. The number of likely N-dealkylation sites (tertiary alicyclic amines) is 1.